The van der Waals surface area contributed by atoms with Gasteiger partial charge in [0, 0.05) is 0 Å². The van der Waals surface area contributed by atoms with Crippen molar-refractivity contribution in [1.29, 1.82) is 0 Å². The van der Waals surface area contributed by atoms with E-state index in [4.69, 9.17) is 0 Å². The average Bonchev–Trinajstić information content (AvgIpc) is 2.80. The van der Waals surface area contributed by atoms with Gasteiger partial charge >= 0.3 is 0 Å². The van der Waals surface area contributed by atoms with Crippen molar-refractivity contribution in [1.82, 2.24) is 4.98 Å². The molecule has 1 aromatic rings. The first-order chi connectivity index (χ1) is 7.93. The van der Waals surface area contributed by atoms with Gasteiger partial charge in [-0.25, -0.2) is 4.57 Å². The molecule has 0 bridgehead atoms. The number of aryl methyl sites for hydroxylation is 1. The summed E-state index contributed by atoms with van der Waals surface area (Å²) in [6, 6.07) is 0. The topological polar surface area (TPSA) is 19.7 Å². The van der Waals surface area contributed by atoms with Crippen LogP contribution in [0.15, 0.2) is 18.7 Å². The molecule has 1 heterocycles. The van der Waals surface area contributed by atoms with Crippen LogP contribution in [0.2, 0.25) is 0 Å². The Hall–Kier alpha value is -0.500. The molecule has 17 heavy (non-hydrogen) atoms. The molecule has 3 heteroatoms. The number of H-pyrrole nitrogens is 1. The summed E-state index contributed by atoms with van der Waals surface area (Å²) in [5, 5.41) is 0. The lowest BCUT2D eigenvalue weighted by atomic mass is 10.1. The van der Waals surface area contributed by atoms with Gasteiger partial charge in [0.2, 0.25) is 6.33 Å². The number of hydrogen-bond acceptors (Lipinski definition) is 0. The molecule has 1 N–H and O–H groups in total. The van der Waals surface area contributed by atoms with Crippen LogP contribution in [0.3, 0.4) is 0 Å². The van der Waals surface area contributed by atoms with Crippen LogP contribution in [0.5, 0.6) is 0 Å². The minimum absolute atomic E-state index is 0. The summed E-state index contributed by atoms with van der Waals surface area (Å²) in [6.45, 7) is 3.44. The van der Waals surface area contributed by atoms with Crippen LogP contribution in [0.4, 0.5) is 0 Å². The molecule has 1 rings (SSSR count). The minimum atomic E-state index is 0. The average molecular weight is 259 g/mol. The molecule has 0 saturated heterocycles. The Balaban J connectivity index is 0.00000256. The molecule has 0 saturated carbocycles. The lowest BCUT2D eigenvalue weighted by molar-refractivity contribution is -0.696. The summed E-state index contributed by atoms with van der Waals surface area (Å²) in [5.41, 5.74) is 0. The molecule has 1 aromatic heterocycles. The Morgan fingerprint density at radius 1 is 0.882 bits per heavy atom. The quantitative estimate of drug-likeness (QED) is 0.474. The Bertz CT molecular complexity index is 234. The third-order valence-electron chi connectivity index (χ3n) is 3.12. The van der Waals surface area contributed by atoms with Crippen molar-refractivity contribution in [3.63, 3.8) is 0 Å². The van der Waals surface area contributed by atoms with E-state index in [1.54, 1.807) is 0 Å². The molecule has 0 unspecified atom stereocenters. The summed E-state index contributed by atoms with van der Waals surface area (Å²) >= 11 is 0. The van der Waals surface area contributed by atoms with Gasteiger partial charge in [-0.3, -0.25) is 4.98 Å². The fraction of sp³-hybridized carbons (Fsp3) is 0.786. The van der Waals surface area contributed by atoms with Gasteiger partial charge in [0.1, 0.15) is 12.4 Å². The highest BCUT2D eigenvalue weighted by atomic mass is 35.5. The van der Waals surface area contributed by atoms with E-state index in [1.165, 1.54) is 64.3 Å². The third kappa shape index (κ3) is 9.22. The lowest BCUT2D eigenvalue weighted by Crippen LogP contribution is -3.00. The number of aromatic amines is 1. The van der Waals surface area contributed by atoms with Gasteiger partial charge in [0.25, 0.3) is 0 Å². The van der Waals surface area contributed by atoms with Crippen LogP contribution in [0, 0.1) is 0 Å². The number of nitrogens with zero attached hydrogens (tertiary/aromatic N) is 1. The lowest BCUT2D eigenvalue weighted by Gasteiger charge is -2.00. The van der Waals surface area contributed by atoms with Gasteiger partial charge < -0.3 is 12.4 Å². The van der Waals surface area contributed by atoms with E-state index in [-0.39, 0.29) is 12.4 Å². The molecular weight excluding hydrogens is 232 g/mol. The molecule has 0 fully saturated rings. The SMILES string of the molecule is CCCCCCCCCCC[n+]1cc[nH]c1.[Cl-]. The normalized spacial score (nSPS) is 10.2. The Morgan fingerprint density at radius 2 is 1.47 bits per heavy atom. The monoisotopic (exact) mass is 258 g/mol. The van der Waals surface area contributed by atoms with Crippen molar-refractivity contribution >= 4 is 0 Å². The third-order valence-corrected chi connectivity index (χ3v) is 3.12. The molecule has 0 aliphatic rings. The van der Waals surface area contributed by atoms with E-state index in [0.717, 1.165) is 0 Å². The largest absolute Gasteiger partial charge is 1.00 e. The highest BCUT2D eigenvalue weighted by molar-refractivity contribution is 4.55. The van der Waals surface area contributed by atoms with Gasteiger partial charge in [-0.2, -0.15) is 0 Å². The van der Waals surface area contributed by atoms with E-state index >= 15 is 0 Å². The number of aromatic nitrogens is 2. The summed E-state index contributed by atoms with van der Waals surface area (Å²) in [7, 11) is 0. The first-order valence-corrected chi connectivity index (χ1v) is 6.95. The molecule has 0 spiro atoms. The van der Waals surface area contributed by atoms with E-state index in [9.17, 15) is 0 Å². The number of halogens is 1. The Kier molecular flexibility index (Phi) is 11.6. The number of hydrogen-bond donors (Lipinski definition) is 1. The van der Waals surface area contributed by atoms with Crippen molar-refractivity contribution < 1.29 is 17.0 Å². The summed E-state index contributed by atoms with van der Waals surface area (Å²) in [6.07, 6.45) is 18.8. The van der Waals surface area contributed by atoms with Crippen LogP contribution in [0.1, 0.15) is 64.7 Å². The maximum Gasteiger partial charge on any atom is 0.241 e. The summed E-state index contributed by atoms with van der Waals surface area (Å²) in [4.78, 5) is 3.07. The maximum absolute atomic E-state index is 3.07. The van der Waals surface area contributed by atoms with Crippen molar-refractivity contribution in [3.8, 4) is 0 Å². The van der Waals surface area contributed by atoms with Crippen LogP contribution in [-0.2, 0) is 6.54 Å². The summed E-state index contributed by atoms with van der Waals surface area (Å²) < 4.78 is 2.22. The zero-order valence-corrected chi connectivity index (χ0v) is 11.9. The summed E-state index contributed by atoms with van der Waals surface area (Å²) in [5.74, 6) is 0. The van der Waals surface area contributed by atoms with Crippen molar-refractivity contribution in [2.45, 2.75) is 71.3 Å². The molecule has 0 amide bonds. The van der Waals surface area contributed by atoms with Gasteiger partial charge in [0.15, 0.2) is 0 Å². The fourth-order valence-corrected chi connectivity index (χ4v) is 2.06. The molecule has 0 aromatic carbocycles. The predicted octanol–water partition coefficient (Wildman–Crippen LogP) is 0.837. The second kappa shape index (κ2) is 12.0. The number of nitrogens with one attached hydrogen (secondary N) is 1. The van der Waals surface area contributed by atoms with Crippen LogP contribution < -0.4 is 17.0 Å². The first kappa shape index (κ1) is 16.5. The van der Waals surface area contributed by atoms with Gasteiger partial charge in [-0.15, -0.1) is 0 Å². The van der Waals surface area contributed by atoms with Crippen molar-refractivity contribution in [3.05, 3.63) is 18.7 Å². The van der Waals surface area contributed by atoms with E-state index in [0.29, 0.717) is 0 Å². The van der Waals surface area contributed by atoms with Crippen molar-refractivity contribution in [2.75, 3.05) is 0 Å². The standard InChI is InChI=1S/C14H26N2.ClH/c1-2-3-4-5-6-7-8-9-10-12-16-13-11-15-14-16;/h11,13-14H,2-10,12H2,1H3;1H. The van der Waals surface area contributed by atoms with E-state index in [1.807, 2.05) is 12.5 Å². The molecule has 2 nitrogen and oxygen atoms in total. The number of imidazole rings is 1. The van der Waals surface area contributed by atoms with Crippen molar-refractivity contribution in [2.24, 2.45) is 0 Å². The minimum Gasteiger partial charge on any atom is -1.00 e. The molecule has 0 aliphatic carbocycles. The first-order valence-electron chi connectivity index (χ1n) is 6.95. The predicted molar refractivity (Wildman–Crippen MR) is 68.2 cm³/mol. The van der Waals surface area contributed by atoms with Crippen LogP contribution >= 0.6 is 0 Å². The Labute approximate surface area is 112 Å². The smallest absolute Gasteiger partial charge is 0.241 e. The number of unbranched alkanes of at least 4 members (excludes halogenated alkanes) is 8. The highest BCUT2D eigenvalue weighted by Crippen LogP contribution is 2.09. The second-order valence-electron chi connectivity index (χ2n) is 4.68. The van der Waals surface area contributed by atoms with E-state index < -0.39 is 0 Å². The number of rotatable bonds is 10. The molecule has 0 atom stereocenters. The maximum atomic E-state index is 3.07. The molecule has 100 valence electrons. The van der Waals surface area contributed by atoms with Crippen LogP contribution in [-0.4, -0.2) is 4.98 Å². The van der Waals surface area contributed by atoms with Gasteiger partial charge in [-0.05, 0) is 12.8 Å². The zero-order valence-electron chi connectivity index (χ0n) is 11.1. The van der Waals surface area contributed by atoms with Gasteiger partial charge in [-0.1, -0.05) is 51.9 Å². The molecule has 0 aliphatic heterocycles. The van der Waals surface area contributed by atoms with E-state index in [2.05, 4.69) is 22.7 Å². The second-order valence-corrected chi connectivity index (χ2v) is 4.68. The fourth-order valence-electron chi connectivity index (χ4n) is 2.06. The molecular formula is C14H27ClN2. The van der Waals surface area contributed by atoms with Crippen LogP contribution in [0.25, 0.3) is 0 Å². The Morgan fingerprint density at radius 3 is 2.00 bits per heavy atom. The highest BCUT2D eigenvalue weighted by Gasteiger charge is 1.96. The zero-order chi connectivity index (χ0) is 11.5. The molecule has 0 radical (unpaired) electrons. The van der Waals surface area contributed by atoms with Gasteiger partial charge in [0.05, 0.1) is 6.54 Å².